The Morgan fingerprint density at radius 1 is 1.00 bits per heavy atom. The van der Waals surface area contributed by atoms with E-state index in [1.54, 1.807) is 12.1 Å². The number of halogens is 2. The van der Waals surface area contributed by atoms with Crippen LogP contribution in [0.2, 0.25) is 0 Å². The van der Waals surface area contributed by atoms with E-state index in [1.165, 1.54) is 24.3 Å². The molecule has 1 saturated carbocycles. The van der Waals surface area contributed by atoms with Crippen LogP contribution in [0.25, 0.3) is 0 Å². The molecular weight excluding hydrogens is 368 g/mol. The zero-order valence-electron chi connectivity index (χ0n) is 15.2. The summed E-state index contributed by atoms with van der Waals surface area (Å²) in [6, 6.07) is 10.8. The quantitative estimate of drug-likeness (QED) is 0.761. The molecule has 2 aromatic rings. The average molecular weight is 389 g/mol. The molecule has 1 atom stereocenters. The smallest absolute Gasteiger partial charge is 0.346 e. The van der Waals surface area contributed by atoms with Gasteiger partial charge in [-0.3, -0.25) is 4.79 Å². The fourth-order valence-electron chi connectivity index (χ4n) is 3.61. The zero-order valence-corrected chi connectivity index (χ0v) is 15.2. The molecule has 0 aromatic heterocycles. The maximum absolute atomic E-state index is 13.3. The minimum atomic E-state index is -1.32. The first kappa shape index (κ1) is 19.8. The van der Waals surface area contributed by atoms with Crippen molar-refractivity contribution in [1.29, 1.82) is 0 Å². The summed E-state index contributed by atoms with van der Waals surface area (Å²) in [5.41, 5.74) is -0.0812. The first-order valence-corrected chi connectivity index (χ1v) is 9.10. The van der Waals surface area contributed by atoms with Crippen molar-refractivity contribution in [2.75, 3.05) is 6.54 Å². The molecule has 7 heteroatoms. The van der Waals surface area contributed by atoms with E-state index in [-0.39, 0.29) is 24.0 Å². The van der Waals surface area contributed by atoms with Gasteiger partial charge in [-0.1, -0.05) is 25.0 Å². The molecule has 0 saturated heterocycles. The summed E-state index contributed by atoms with van der Waals surface area (Å²) in [7, 11) is 0. The van der Waals surface area contributed by atoms with Crippen LogP contribution in [-0.4, -0.2) is 29.6 Å². The van der Waals surface area contributed by atoms with Crippen molar-refractivity contribution >= 4 is 11.9 Å². The van der Waals surface area contributed by atoms with Gasteiger partial charge in [-0.15, -0.1) is 0 Å². The van der Waals surface area contributed by atoms with Crippen molar-refractivity contribution in [3.8, 4) is 5.75 Å². The van der Waals surface area contributed by atoms with Crippen LogP contribution in [0.4, 0.5) is 8.78 Å². The number of ether oxygens (including phenoxy) is 1. The van der Waals surface area contributed by atoms with Crippen LogP contribution in [-0.2, 0) is 15.0 Å². The van der Waals surface area contributed by atoms with Gasteiger partial charge < -0.3 is 15.2 Å². The lowest BCUT2D eigenvalue weighted by Gasteiger charge is -2.29. The van der Waals surface area contributed by atoms with Gasteiger partial charge in [0.15, 0.2) is 0 Å². The number of hydrogen-bond donors (Lipinski definition) is 2. The third-order valence-electron chi connectivity index (χ3n) is 5.10. The lowest BCUT2D eigenvalue weighted by atomic mass is 9.78. The molecule has 2 aromatic carbocycles. The summed E-state index contributed by atoms with van der Waals surface area (Å²) in [5.74, 6) is -2.19. The van der Waals surface area contributed by atoms with E-state index in [4.69, 9.17) is 4.74 Å². The van der Waals surface area contributed by atoms with Crippen LogP contribution in [0.3, 0.4) is 0 Å². The molecule has 5 nitrogen and oxygen atoms in total. The fraction of sp³-hybridized carbons (Fsp3) is 0.333. The van der Waals surface area contributed by atoms with E-state index < -0.39 is 23.3 Å². The molecule has 0 spiro atoms. The van der Waals surface area contributed by atoms with Crippen molar-refractivity contribution in [3.05, 3.63) is 65.7 Å². The number of carboxylic acids is 1. The Bertz CT molecular complexity index is 830. The van der Waals surface area contributed by atoms with Crippen LogP contribution in [0, 0.1) is 11.6 Å². The maximum atomic E-state index is 13.3. The highest BCUT2D eigenvalue weighted by molar-refractivity contribution is 5.89. The van der Waals surface area contributed by atoms with Crippen LogP contribution in [0.15, 0.2) is 48.5 Å². The highest BCUT2D eigenvalue weighted by Gasteiger charge is 2.43. The topological polar surface area (TPSA) is 75.6 Å². The van der Waals surface area contributed by atoms with Crippen LogP contribution < -0.4 is 10.1 Å². The summed E-state index contributed by atoms with van der Waals surface area (Å²) in [6.45, 7) is -0.242. The van der Waals surface area contributed by atoms with Gasteiger partial charge >= 0.3 is 5.97 Å². The van der Waals surface area contributed by atoms with E-state index in [2.05, 4.69) is 5.32 Å². The SMILES string of the molecule is O=C(O)C(CNC(=O)C1(c2ccc(F)cc2)CCCC1)Oc1ccc(F)cc1. The monoisotopic (exact) mass is 389 g/mol. The molecular formula is C21H21F2NO4. The number of amides is 1. The second-order valence-corrected chi connectivity index (χ2v) is 6.90. The number of aliphatic carboxylic acids is 1. The third-order valence-corrected chi connectivity index (χ3v) is 5.10. The Labute approximate surface area is 161 Å². The predicted molar refractivity (Wildman–Crippen MR) is 98.0 cm³/mol. The molecule has 1 fully saturated rings. The molecule has 1 aliphatic rings. The predicted octanol–water partition coefficient (Wildman–Crippen LogP) is 3.43. The Hall–Kier alpha value is -2.96. The number of carboxylic acid groups (broad SMARTS) is 1. The van der Waals surface area contributed by atoms with Gasteiger partial charge in [-0.05, 0) is 54.8 Å². The standard InChI is InChI=1S/C21H21F2NO4/c22-15-5-3-14(4-6-15)21(11-1-2-12-21)20(27)24-13-18(19(25)26)28-17-9-7-16(23)8-10-17/h3-10,18H,1-2,11-13H2,(H,24,27)(H,25,26). The van der Waals surface area contributed by atoms with E-state index in [1.807, 2.05) is 0 Å². The molecule has 0 bridgehead atoms. The molecule has 2 N–H and O–H groups in total. The number of rotatable bonds is 7. The molecule has 0 aliphatic heterocycles. The van der Waals surface area contributed by atoms with Gasteiger partial charge in [-0.2, -0.15) is 0 Å². The van der Waals surface area contributed by atoms with Gasteiger partial charge in [0.2, 0.25) is 12.0 Å². The molecule has 28 heavy (non-hydrogen) atoms. The van der Waals surface area contributed by atoms with E-state index in [0.29, 0.717) is 12.8 Å². The molecule has 1 aliphatic carbocycles. The van der Waals surface area contributed by atoms with Crippen molar-refractivity contribution < 1.29 is 28.2 Å². The average Bonchev–Trinajstić information content (AvgIpc) is 3.18. The molecule has 1 amide bonds. The maximum Gasteiger partial charge on any atom is 0.346 e. The molecule has 1 unspecified atom stereocenters. The number of carbonyl (C=O) groups is 2. The second kappa shape index (κ2) is 8.37. The third kappa shape index (κ3) is 4.30. The number of carbonyl (C=O) groups excluding carboxylic acids is 1. The van der Waals surface area contributed by atoms with Crippen molar-refractivity contribution in [1.82, 2.24) is 5.32 Å². The molecule has 148 valence electrons. The number of benzene rings is 2. The normalized spacial score (nSPS) is 16.4. The van der Waals surface area contributed by atoms with E-state index >= 15 is 0 Å². The Morgan fingerprint density at radius 3 is 2.07 bits per heavy atom. The minimum absolute atomic E-state index is 0.192. The summed E-state index contributed by atoms with van der Waals surface area (Å²) in [4.78, 5) is 24.5. The van der Waals surface area contributed by atoms with Gasteiger partial charge in [0.25, 0.3) is 0 Å². The molecule has 0 radical (unpaired) electrons. The first-order chi connectivity index (χ1) is 13.4. The minimum Gasteiger partial charge on any atom is -0.478 e. The van der Waals surface area contributed by atoms with E-state index in [9.17, 15) is 23.5 Å². The fourth-order valence-corrected chi connectivity index (χ4v) is 3.61. The lowest BCUT2D eigenvalue weighted by molar-refractivity contribution is -0.145. The van der Waals surface area contributed by atoms with Gasteiger partial charge in [0, 0.05) is 0 Å². The van der Waals surface area contributed by atoms with Crippen LogP contribution >= 0.6 is 0 Å². The number of nitrogens with one attached hydrogen (secondary N) is 1. The van der Waals surface area contributed by atoms with Crippen molar-refractivity contribution in [3.63, 3.8) is 0 Å². The number of hydrogen-bond acceptors (Lipinski definition) is 3. The van der Waals surface area contributed by atoms with Gasteiger partial charge in [0.1, 0.15) is 17.4 Å². The van der Waals surface area contributed by atoms with Crippen molar-refractivity contribution in [2.24, 2.45) is 0 Å². The summed E-state index contributed by atoms with van der Waals surface area (Å²) >= 11 is 0. The lowest BCUT2D eigenvalue weighted by Crippen LogP contribution is -2.47. The van der Waals surface area contributed by atoms with Crippen molar-refractivity contribution in [2.45, 2.75) is 37.2 Å². The van der Waals surface area contributed by atoms with Crippen LogP contribution in [0.1, 0.15) is 31.2 Å². The largest absolute Gasteiger partial charge is 0.478 e. The second-order valence-electron chi connectivity index (χ2n) is 6.90. The highest BCUT2D eigenvalue weighted by Crippen LogP contribution is 2.41. The Kier molecular flexibility index (Phi) is 5.92. The van der Waals surface area contributed by atoms with E-state index in [0.717, 1.165) is 30.5 Å². The Balaban J connectivity index is 1.71. The highest BCUT2D eigenvalue weighted by atomic mass is 19.1. The first-order valence-electron chi connectivity index (χ1n) is 9.10. The van der Waals surface area contributed by atoms with Gasteiger partial charge in [0.05, 0.1) is 12.0 Å². The Morgan fingerprint density at radius 2 is 1.54 bits per heavy atom. The summed E-state index contributed by atoms with van der Waals surface area (Å²) in [5, 5.41) is 12.1. The summed E-state index contributed by atoms with van der Waals surface area (Å²) < 4.78 is 31.6. The zero-order chi connectivity index (χ0) is 20.1. The molecule has 3 rings (SSSR count). The van der Waals surface area contributed by atoms with Gasteiger partial charge in [-0.25, -0.2) is 13.6 Å². The van der Waals surface area contributed by atoms with Crippen LogP contribution in [0.5, 0.6) is 5.75 Å². The summed E-state index contributed by atoms with van der Waals surface area (Å²) in [6.07, 6.45) is 1.63. The molecule has 0 heterocycles.